The van der Waals surface area contributed by atoms with Gasteiger partial charge in [-0.15, -0.1) is 0 Å². The summed E-state index contributed by atoms with van der Waals surface area (Å²) < 4.78 is 1.82. The van der Waals surface area contributed by atoms with Crippen LogP contribution in [0.4, 0.5) is 5.82 Å². The van der Waals surface area contributed by atoms with Gasteiger partial charge in [-0.25, -0.2) is 0 Å². The Morgan fingerprint density at radius 1 is 1.29 bits per heavy atom. The lowest BCUT2D eigenvalue weighted by molar-refractivity contribution is 0.712. The minimum Gasteiger partial charge on any atom is -0.370 e. The van der Waals surface area contributed by atoms with Gasteiger partial charge in [-0.05, 0) is 5.56 Å². The zero-order valence-corrected chi connectivity index (χ0v) is 10.0. The summed E-state index contributed by atoms with van der Waals surface area (Å²) in [6.07, 6.45) is 1.78. The second-order valence-electron chi connectivity index (χ2n) is 4.06. The third-order valence-corrected chi connectivity index (χ3v) is 2.91. The highest BCUT2D eigenvalue weighted by Crippen LogP contribution is 2.15. The van der Waals surface area contributed by atoms with E-state index in [1.54, 1.807) is 6.20 Å². The average Bonchev–Trinajstić information content (AvgIpc) is 2.77. The molecule has 17 heavy (non-hydrogen) atoms. The van der Waals surface area contributed by atoms with Crippen molar-refractivity contribution in [2.24, 2.45) is 12.8 Å². The highest BCUT2D eigenvalue weighted by Gasteiger charge is 2.09. The summed E-state index contributed by atoms with van der Waals surface area (Å²) >= 11 is 0. The first kappa shape index (κ1) is 11.7. The first-order valence-electron chi connectivity index (χ1n) is 5.78. The standard InChI is InChI=1S/C13H18N4/c1-17-13(7-8-16-17)15-10-12(9-14)11-5-3-2-4-6-11/h2-8,12,15H,9-10,14H2,1H3. The predicted molar refractivity (Wildman–Crippen MR) is 69.9 cm³/mol. The van der Waals surface area contributed by atoms with E-state index < -0.39 is 0 Å². The summed E-state index contributed by atoms with van der Waals surface area (Å²) in [5.41, 5.74) is 7.09. The van der Waals surface area contributed by atoms with E-state index in [-0.39, 0.29) is 0 Å². The van der Waals surface area contributed by atoms with Crippen molar-refractivity contribution >= 4 is 5.82 Å². The molecule has 2 aromatic rings. The van der Waals surface area contributed by atoms with E-state index in [1.807, 2.05) is 36.0 Å². The van der Waals surface area contributed by atoms with Gasteiger partial charge in [-0.3, -0.25) is 4.68 Å². The molecule has 0 saturated carbocycles. The number of nitrogens with zero attached hydrogens (tertiary/aromatic N) is 2. The Balaban J connectivity index is 1.99. The summed E-state index contributed by atoms with van der Waals surface area (Å²) in [6.45, 7) is 1.45. The summed E-state index contributed by atoms with van der Waals surface area (Å²) in [4.78, 5) is 0. The molecule has 0 saturated heterocycles. The zero-order valence-electron chi connectivity index (χ0n) is 10.0. The van der Waals surface area contributed by atoms with Crippen LogP contribution >= 0.6 is 0 Å². The van der Waals surface area contributed by atoms with E-state index in [4.69, 9.17) is 5.73 Å². The third kappa shape index (κ3) is 2.85. The van der Waals surface area contributed by atoms with Crippen molar-refractivity contribution < 1.29 is 0 Å². The van der Waals surface area contributed by atoms with Gasteiger partial charge in [0.15, 0.2) is 0 Å². The van der Waals surface area contributed by atoms with Crippen LogP contribution in [-0.4, -0.2) is 22.9 Å². The van der Waals surface area contributed by atoms with Crippen LogP contribution in [0.3, 0.4) is 0 Å². The van der Waals surface area contributed by atoms with Crippen LogP contribution in [0.2, 0.25) is 0 Å². The Morgan fingerprint density at radius 3 is 2.65 bits per heavy atom. The van der Waals surface area contributed by atoms with E-state index in [0.717, 1.165) is 12.4 Å². The molecule has 0 bridgehead atoms. The van der Waals surface area contributed by atoms with E-state index in [0.29, 0.717) is 12.5 Å². The van der Waals surface area contributed by atoms with Crippen LogP contribution in [0.1, 0.15) is 11.5 Å². The fourth-order valence-electron chi connectivity index (χ4n) is 1.84. The van der Waals surface area contributed by atoms with Gasteiger partial charge in [-0.2, -0.15) is 5.10 Å². The molecule has 2 rings (SSSR count). The summed E-state index contributed by atoms with van der Waals surface area (Å²) in [7, 11) is 1.92. The number of nitrogens with two attached hydrogens (primary N) is 1. The van der Waals surface area contributed by atoms with Crippen molar-refractivity contribution in [1.82, 2.24) is 9.78 Å². The van der Waals surface area contributed by atoms with Crippen molar-refractivity contribution in [3.8, 4) is 0 Å². The molecule has 1 aromatic carbocycles. The first-order valence-corrected chi connectivity index (χ1v) is 5.78. The van der Waals surface area contributed by atoms with E-state index in [2.05, 4.69) is 22.5 Å². The Morgan fingerprint density at radius 2 is 2.06 bits per heavy atom. The van der Waals surface area contributed by atoms with Gasteiger partial charge in [0.1, 0.15) is 5.82 Å². The molecular formula is C13H18N4. The number of hydrogen-bond acceptors (Lipinski definition) is 3. The highest BCUT2D eigenvalue weighted by atomic mass is 15.3. The fraction of sp³-hybridized carbons (Fsp3) is 0.308. The van der Waals surface area contributed by atoms with Crippen LogP contribution in [0, 0.1) is 0 Å². The molecular weight excluding hydrogens is 212 g/mol. The largest absolute Gasteiger partial charge is 0.370 e. The topological polar surface area (TPSA) is 55.9 Å². The maximum atomic E-state index is 5.82. The molecule has 0 aliphatic rings. The number of hydrogen-bond donors (Lipinski definition) is 2. The normalized spacial score (nSPS) is 12.4. The second kappa shape index (κ2) is 5.50. The molecule has 1 unspecified atom stereocenters. The van der Waals surface area contributed by atoms with Gasteiger partial charge in [0, 0.05) is 32.1 Å². The molecule has 0 aliphatic carbocycles. The summed E-state index contributed by atoms with van der Waals surface area (Å²) in [5, 5.41) is 7.48. The third-order valence-electron chi connectivity index (χ3n) is 2.91. The van der Waals surface area contributed by atoms with Crippen LogP contribution < -0.4 is 11.1 Å². The summed E-state index contributed by atoms with van der Waals surface area (Å²) in [6, 6.07) is 12.3. The van der Waals surface area contributed by atoms with Crippen LogP contribution in [0.15, 0.2) is 42.6 Å². The molecule has 0 aliphatic heterocycles. The number of rotatable bonds is 5. The lowest BCUT2D eigenvalue weighted by Crippen LogP contribution is -2.21. The van der Waals surface area contributed by atoms with Gasteiger partial charge < -0.3 is 11.1 Å². The molecule has 4 nitrogen and oxygen atoms in total. The van der Waals surface area contributed by atoms with Crippen molar-refractivity contribution in [3.05, 3.63) is 48.2 Å². The average molecular weight is 230 g/mol. The number of aromatic nitrogens is 2. The van der Waals surface area contributed by atoms with E-state index >= 15 is 0 Å². The SMILES string of the molecule is Cn1nccc1NCC(CN)c1ccccc1. The highest BCUT2D eigenvalue weighted by molar-refractivity contribution is 5.34. The fourth-order valence-corrected chi connectivity index (χ4v) is 1.84. The van der Waals surface area contributed by atoms with E-state index in [9.17, 15) is 0 Å². The molecule has 1 heterocycles. The predicted octanol–water partition coefficient (Wildman–Crippen LogP) is 1.57. The quantitative estimate of drug-likeness (QED) is 0.820. The maximum absolute atomic E-state index is 5.82. The van der Waals surface area contributed by atoms with Gasteiger partial charge in [0.2, 0.25) is 0 Å². The maximum Gasteiger partial charge on any atom is 0.123 e. The first-order chi connectivity index (χ1) is 8.31. The number of aryl methyl sites for hydroxylation is 1. The molecule has 0 radical (unpaired) electrons. The minimum absolute atomic E-state index is 0.325. The zero-order chi connectivity index (χ0) is 12.1. The van der Waals surface area contributed by atoms with Gasteiger partial charge >= 0.3 is 0 Å². The molecule has 90 valence electrons. The van der Waals surface area contributed by atoms with Crippen LogP contribution in [0.5, 0.6) is 0 Å². The minimum atomic E-state index is 0.325. The Bertz CT molecular complexity index is 449. The van der Waals surface area contributed by atoms with Crippen LogP contribution in [-0.2, 0) is 7.05 Å². The molecule has 0 fully saturated rings. The monoisotopic (exact) mass is 230 g/mol. The molecule has 0 amide bonds. The van der Waals surface area contributed by atoms with Crippen molar-refractivity contribution in [2.45, 2.75) is 5.92 Å². The summed E-state index contributed by atoms with van der Waals surface area (Å²) in [5.74, 6) is 1.34. The molecule has 4 heteroatoms. The number of benzene rings is 1. The van der Waals surface area contributed by atoms with Crippen molar-refractivity contribution in [1.29, 1.82) is 0 Å². The Kier molecular flexibility index (Phi) is 3.77. The van der Waals surface area contributed by atoms with Gasteiger partial charge in [0.25, 0.3) is 0 Å². The van der Waals surface area contributed by atoms with E-state index in [1.165, 1.54) is 5.56 Å². The molecule has 0 spiro atoms. The number of anilines is 1. The lowest BCUT2D eigenvalue weighted by atomic mass is 9.99. The van der Waals surface area contributed by atoms with Crippen molar-refractivity contribution in [3.63, 3.8) is 0 Å². The lowest BCUT2D eigenvalue weighted by Gasteiger charge is -2.16. The van der Waals surface area contributed by atoms with Crippen LogP contribution in [0.25, 0.3) is 0 Å². The number of nitrogens with one attached hydrogen (secondary N) is 1. The van der Waals surface area contributed by atoms with Gasteiger partial charge in [0.05, 0.1) is 6.20 Å². The Labute approximate surface area is 101 Å². The molecule has 1 atom stereocenters. The second-order valence-corrected chi connectivity index (χ2v) is 4.06. The smallest absolute Gasteiger partial charge is 0.123 e. The van der Waals surface area contributed by atoms with Crippen molar-refractivity contribution in [2.75, 3.05) is 18.4 Å². The Hall–Kier alpha value is -1.81. The van der Waals surface area contributed by atoms with Gasteiger partial charge in [-0.1, -0.05) is 30.3 Å². The molecule has 3 N–H and O–H groups in total. The molecule has 1 aromatic heterocycles.